The van der Waals surface area contributed by atoms with Gasteiger partial charge in [-0.2, -0.15) is 4.31 Å². The third kappa shape index (κ3) is 3.35. The highest BCUT2D eigenvalue weighted by Gasteiger charge is 2.24. The number of amidine groups is 1. The molecule has 0 atom stereocenters. The zero-order valence-electron chi connectivity index (χ0n) is 9.34. The Balaban J connectivity index is 3.13. The van der Waals surface area contributed by atoms with Crippen LogP contribution in [-0.4, -0.2) is 37.4 Å². The second-order valence-corrected chi connectivity index (χ2v) is 6.76. The minimum Gasteiger partial charge on any atom is -0.409 e. The van der Waals surface area contributed by atoms with Gasteiger partial charge in [-0.1, -0.05) is 32.7 Å². The van der Waals surface area contributed by atoms with E-state index in [-0.39, 0.29) is 22.3 Å². The summed E-state index contributed by atoms with van der Waals surface area (Å²) in [6.07, 6.45) is 0. The minimum absolute atomic E-state index is 0.0411. The Labute approximate surface area is 118 Å². The van der Waals surface area contributed by atoms with Gasteiger partial charge in [0.15, 0.2) is 5.84 Å². The monoisotopic (exact) mass is 355 g/mol. The van der Waals surface area contributed by atoms with Crippen molar-refractivity contribution in [3.05, 3.63) is 27.7 Å². The Kier molecular flexibility index (Phi) is 4.97. The summed E-state index contributed by atoms with van der Waals surface area (Å²) in [5, 5.41) is 11.2. The molecule has 1 aromatic rings. The number of benzene rings is 1. The highest BCUT2D eigenvalue weighted by atomic mass is 79.9. The summed E-state index contributed by atoms with van der Waals surface area (Å²) < 4.78 is 25.9. The molecule has 0 aliphatic rings. The quantitative estimate of drug-likeness (QED) is 0.369. The Hall–Kier alpha value is -0.830. The highest BCUT2D eigenvalue weighted by Crippen LogP contribution is 2.27. The van der Waals surface area contributed by atoms with Crippen molar-refractivity contribution in [2.45, 2.75) is 4.90 Å². The van der Waals surface area contributed by atoms with E-state index in [9.17, 15) is 8.42 Å². The molecule has 18 heavy (non-hydrogen) atoms. The first-order valence-electron chi connectivity index (χ1n) is 4.67. The average Bonchev–Trinajstić information content (AvgIpc) is 2.28. The summed E-state index contributed by atoms with van der Waals surface area (Å²) in [6, 6.07) is 4.42. The Morgan fingerprint density at radius 1 is 1.61 bits per heavy atom. The molecule has 0 aliphatic heterocycles. The molecular weight excluding hydrogens is 346 g/mol. The lowest BCUT2D eigenvalue weighted by Gasteiger charge is -2.17. The second-order valence-electron chi connectivity index (χ2n) is 3.43. The molecule has 0 fully saturated rings. The van der Waals surface area contributed by atoms with Crippen LogP contribution in [0.25, 0.3) is 0 Å². The van der Waals surface area contributed by atoms with Gasteiger partial charge in [0, 0.05) is 11.5 Å². The molecule has 0 spiro atoms. The molecule has 100 valence electrons. The van der Waals surface area contributed by atoms with Crippen molar-refractivity contribution in [1.29, 1.82) is 0 Å². The number of sulfonamides is 1. The molecule has 0 radical (unpaired) electrons. The predicted molar refractivity (Wildman–Crippen MR) is 72.4 cm³/mol. The number of likely N-dealkylation sites (N-methyl/N-ethyl adjacent to an activating group) is 1. The van der Waals surface area contributed by atoms with Gasteiger partial charge in [0.25, 0.3) is 0 Å². The van der Waals surface area contributed by atoms with Gasteiger partial charge >= 0.3 is 0 Å². The van der Waals surface area contributed by atoms with E-state index in [4.69, 9.17) is 22.5 Å². The first-order chi connectivity index (χ1) is 8.28. The Morgan fingerprint density at radius 3 is 2.72 bits per heavy atom. The average molecular weight is 357 g/mol. The molecule has 1 aromatic carbocycles. The van der Waals surface area contributed by atoms with E-state index in [0.717, 1.165) is 4.31 Å². The van der Waals surface area contributed by atoms with Gasteiger partial charge in [-0.15, -0.1) is 0 Å². The number of halogens is 2. The number of oxime groups is 1. The zero-order valence-corrected chi connectivity index (χ0v) is 12.5. The lowest BCUT2D eigenvalue weighted by molar-refractivity contribution is 0.315. The molecule has 0 saturated heterocycles. The molecule has 0 heterocycles. The van der Waals surface area contributed by atoms with Gasteiger partial charge in [0.2, 0.25) is 10.0 Å². The molecule has 0 bridgehead atoms. The third-order valence-electron chi connectivity index (χ3n) is 2.10. The molecule has 0 unspecified atom stereocenters. The summed E-state index contributed by atoms with van der Waals surface area (Å²) in [6.45, 7) is -0.231. The van der Waals surface area contributed by atoms with Crippen LogP contribution in [0.15, 0.2) is 32.7 Å². The smallest absolute Gasteiger partial charge is 0.244 e. The highest BCUT2D eigenvalue weighted by molar-refractivity contribution is 9.10. The zero-order chi connectivity index (χ0) is 13.9. The van der Waals surface area contributed by atoms with Crippen LogP contribution >= 0.6 is 27.5 Å². The summed E-state index contributed by atoms with van der Waals surface area (Å²) in [7, 11) is -2.47. The summed E-state index contributed by atoms with van der Waals surface area (Å²) in [4.78, 5) is -0.0411. The van der Waals surface area contributed by atoms with Crippen molar-refractivity contribution in [3.63, 3.8) is 0 Å². The van der Waals surface area contributed by atoms with Crippen molar-refractivity contribution < 1.29 is 13.6 Å². The molecule has 0 aromatic heterocycles. The van der Waals surface area contributed by atoms with Gasteiger partial charge in [0.1, 0.15) is 4.90 Å². The molecule has 0 aliphatic carbocycles. The largest absolute Gasteiger partial charge is 0.409 e. The summed E-state index contributed by atoms with van der Waals surface area (Å²) in [5.74, 6) is -0.214. The van der Waals surface area contributed by atoms with Gasteiger partial charge in [-0.3, -0.25) is 0 Å². The number of rotatable bonds is 4. The van der Waals surface area contributed by atoms with Crippen molar-refractivity contribution in [3.8, 4) is 0 Å². The minimum atomic E-state index is -3.78. The van der Waals surface area contributed by atoms with Gasteiger partial charge in [-0.05, 0) is 18.2 Å². The van der Waals surface area contributed by atoms with Gasteiger partial charge in [0.05, 0.1) is 11.6 Å². The number of hydrogen-bond acceptors (Lipinski definition) is 4. The molecule has 0 amide bonds. The Morgan fingerprint density at radius 2 is 2.22 bits per heavy atom. The topological polar surface area (TPSA) is 96.0 Å². The molecular formula is C9H11BrClN3O3S. The maximum atomic E-state index is 12.1. The van der Waals surface area contributed by atoms with Gasteiger partial charge < -0.3 is 10.9 Å². The number of hydrogen-bond donors (Lipinski definition) is 2. The molecule has 9 heteroatoms. The maximum Gasteiger partial charge on any atom is 0.244 e. The van der Waals surface area contributed by atoms with Gasteiger partial charge in [-0.25, -0.2) is 8.42 Å². The SMILES string of the molecule is CN(CC(N)=NO)S(=O)(=O)c1ccc(Br)cc1Cl. The van der Waals surface area contributed by atoms with Crippen molar-refractivity contribution in [1.82, 2.24) is 4.31 Å². The molecule has 1 rings (SSSR count). The van der Waals surface area contributed by atoms with Crippen LogP contribution in [0.4, 0.5) is 0 Å². The number of nitrogens with two attached hydrogens (primary N) is 1. The van der Waals surface area contributed by atoms with Crippen LogP contribution in [0.1, 0.15) is 0 Å². The van der Waals surface area contributed by atoms with Crippen molar-refractivity contribution in [2.24, 2.45) is 10.9 Å². The van der Waals surface area contributed by atoms with E-state index in [1.807, 2.05) is 0 Å². The second kappa shape index (κ2) is 5.87. The molecule has 0 saturated carbocycles. The van der Waals surface area contributed by atoms with E-state index >= 15 is 0 Å². The van der Waals surface area contributed by atoms with Crippen LogP contribution < -0.4 is 5.73 Å². The normalized spacial score (nSPS) is 13.0. The first-order valence-corrected chi connectivity index (χ1v) is 7.28. The fourth-order valence-electron chi connectivity index (χ4n) is 1.20. The van der Waals surface area contributed by atoms with E-state index in [2.05, 4.69) is 21.1 Å². The lowest BCUT2D eigenvalue weighted by atomic mass is 10.4. The van der Waals surface area contributed by atoms with Crippen LogP contribution in [0, 0.1) is 0 Å². The van der Waals surface area contributed by atoms with Crippen LogP contribution in [-0.2, 0) is 10.0 Å². The summed E-state index contributed by atoms with van der Waals surface area (Å²) in [5.41, 5.74) is 5.26. The van der Waals surface area contributed by atoms with E-state index in [0.29, 0.717) is 4.47 Å². The molecule has 6 nitrogen and oxygen atoms in total. The van der Waals surface area contributed by atoms with Crippen LogP contribution in [0.5, 0.6) is 0 Å². The van der Waals surface area contributed by atoms with E-state index in [1.54, 1.807) is 6.07 Å². The fraction of sp³-hybridized carbons (Fsp3) is 0.222. The fourth-order valence-corrected chi connectivity index (χ4v) is 3.35. The van der Waals surface area contributed by atoms with E-state index < -0.39 is 10.0 Å². The number of nitrogens with zero attached hydrogens (tertiary/aromatic N) is 2. The standard InChI is InChI=1S/C9H11BrClN3O3S/c1-14(5-9(12)13-15)18(16,17)8-3-2-6(10)4-7(8)11/h2-4,15H,5H2,1H3,(H2,12,13). The Bertz CT molecular complexity index is 576. The van der Waals surface area contributed by atoms with E-state index in [1.165, 1.54) is 19.2 Å². The molecule has 3 N–H and O–H groups in total. The predicted octanol–water partition coefficient (Wildman–Crippen LogP) is 1.47. The van der Waals surface area contributed by atoms with Crippen molar-refractivity contribution >= 4 is 43.4 Å². The maximum absolute atomic E-state index is 12.1. The first kappa shape index (κ1) is 15.2. The third-order valence-corrected chi connectivity index (χ3v) is 4.87. The lowest BCUT2D eigenvalue weighted by Crippen LogP contribution is -2.35. The van der Waals surface area contributed by atoms with Crippen molar-refractivity contribution in [2.75, 3.05) is 13.6 Å². The van der Waals surface area contributed by atoms with Crippen LogP contribution in [0.2, 0.25) is 5.02 Å². The van der Waals surface area contributed by atoms with Crippen LogP contribution in [0.3, 0.4) is 0 Å². The summed E-state index contributed by atoms with van der Waals surface area (Å²) >= 11 is 9.07.